The highest BCUT2D eigenvalue weighted by molar-refractivity contribution is 9.10. The standard InChI is InChI=1S/C19H23BrN2O/c1-3-15-8-10-16(11-9-15)14(2)22-19(23)21-13-12-17-6-4-5-7-18(17)20/h4-11,14H,3,12-13H2,1-2H3,(H2,21,22,23). The molecule has 2 aromatic rings. The molecule has 0 aliphatic carbocycles. The summed E-state index contributed by atoms with van der Waals surface area (Å²) in [6, 6.07) is 16.3. The number of aryl methyl sites for hydroxylation is 1. The molecular formula is C19H23BrN2O. The minimum Gasteiger partial charge on any atom is -0.338 e. The lowest BCUT2D eigenvalue weighted by Gasteiger charge is -2.15. The Kier molecular flexibility index (Phi) is 6.66. The molecule has 0 saturated heterocycles. The van der Waals surface area contributed by atoms with E-state index in [1.807, 2.05) is 25.1 Å². The zero-order valence-electron chi connectivity index (χ0n) is 13.6. The third-order valence-corrected chi connectivity index (χ3v) is 4.65. The summed E-state index contributed by atoms with van der Waals surface area (Å²) in [5.74, 6) is 0. The Hall–Kier alpha value is -1.81. The van der Waals surface area contributed by atoms with Crippen LogP contribution in [0.15, 0.2) is 53.0 Å². The minimum absolute atomic E-state index is 0.00984. The van der Waals surface area contributed by atoms with E-state index < -0.39 is 0 Å². The average molecular weight is 375 g/mol. The normalized spacial score (nSPS) is 11.8. The first-order valence-corrected chi connectivity index (χ1v) is 8.76. The number of nitrogens with one attached hydrogen (secondary N) is 2. The van der Waals surface area contributed by atoms with E-state index in [4.69, 9.17) is 0 Å². The number of amides is 2. The second-order valence-electron chi connectivity index (χ2n) is 5.56. The van der Waals surface area contributed by atoms with Crippen LogP contribution in [0, 0.1) is 0 Å². The lowest BCUT2D eigenvalue weighted by Crippen LogP contribution is -2.38. The number of carbonyl (C=O) groups excluding carboxylic acids is 1. The Labute approximate surface area is 146 Å². The second kappa shape index (κ2) is 8.73. The van der Waals surface area contributed by atoms with Crippen LogP contribution >= 0.6 is 15.9 Å². The summed E-state index contributed by atoms with van der Waals surface area (Å²) in [6.07, 6.45) is 1.83. The molecule has 3 nitrogen and oxygen atoms in total. The molecule has 2 amide bonds. The first kappa shape index (κ1) is 17.5. The van der Waals surface area contributed by atoms with Crippen molar-refractivity contribution in [1.29, 1.82) is 0 Å². The number of hydrogen-bond acceptors (Lipinski definition) is 1. The molecule has 0 aliphatic heterocycles. The molecule has 0 bridgehead atoms. The summed E-state index contributed by atoms with van der Waals surface area (Å²) < 4.78 is 1.08. The molecule has 2 aromatic carbocycles. The molecule has 0 aliphatic rings. The molecule has 1 unspecified atom stereocenters. The van der Waals surface area contributed by atoms with Crippen molar-refractivity contribution in [1.82, 2.24) is 10.6 Å². The van der Waals surface area contributed by atoms with Crippen LogP contribution in [0.4, 0.5) is 4.79 Å². The van der Waals surface area contributed by atoms with Gasteiger partial charge in [-0.05, 0) is 42.5 Å². The van der Waals surface area contributed by atoms with E-state index in [9.17, 15) is 4.79 Å². The molecule has 0 spiro atoms. The van der Waals surface area contributed by atoms with Gasteiger partial charge in [-0.15, -0.1) is 0 Å². The number of halogens is 1. The Balaban J connectivity index is 1.78. The number of hydrogen-bond donors (Lipinski definition) is 2. The van der Waals surface area contributed by atoms with Gasteiger partial charge in [0.15, 0.2) is 0 Å². The van der Waals surface area contributed by atoms with Crippen LogP contribution in [0.2, 0.25) is 0 Å². The molecule has 0 heterocycles. The summed E-state index contributed by atoms with van der Waals surface area (Å²) in [5, 5.41) is 5.88. The number of benzene rings is 2. The van der Waals surface area contributed by atoms with Crippen LogP contribution in [0.3, 0.4) is 0 Å². The lowest BCUT2D eigenvalue weighted by molar-refractivity contribution is 0.238. The van der Waals surface area contributed by atoms with Gasteiger partial charge in [0.1, 0.15) is 0 Å². The van der Waals surface area contributed by atoms with Gasteiger partial charge < -0.3 is 10.6 Å². The third kappa shape index (κ3) is 5.39. The Bertz CT molecular complexity index is 640. The fourth-order valence-corrected chi connectivity index (χ4v) is 2.87. The van der Waals surface area contributed by atoms with E-state index in [0.29, 0.717) is 6.54 Å². The van der Waals surface area contributed by atoms with Gasteiger partial charge >= 0.3 is 6.03 Å². The average Bonchev–Trinajstić information content (AvgIpc) is 2.56. The van der Waals surface area contributed by atoms with Crippen molar-refractivity contribution in [3.05, 3.63) is 69.7 Å². The third-order valence-electron chi connectivity index (χ3n) is 3.87. The van der Waals surface area contributed by atoms with Crippen LogP contribution in [0.5, 0.6) is 0 Å². The highest BCUT2D eigenvalue weighted by Gasteiger charge is 2.09. The van der Waals surface area contributed by atoms with Gasteiger partial charge in [0.2, 0.25) is 0 Å². The molecule has 1 atom stereocenters. The SMILES string of the molecule is CCc1ccc(C(C)NC(=O)NCCc2ccccc2Br)cc1. The second-order valence-corrected chi connectivity index (χ2v) is 6.41. The Morgan fingerprint density at radius 3 is 2.48 bits per heavy atom. The van der Waals surface area contributed by atoms with Gasteiger partial charge in [0.25, 0.3) is 0 Å². The lowest BCUT2D eigenvalue weighted by atomic mass is 10.1. The highest BCUT2D eigenvalue weighted by atomic mass is 79.9. The van der Waals surface area contributed by atoms with Gasteiger partial charge in [-0.2, -0.15) is 0 Å². The maximum Gasteiger partial charge on any atom is 0.315 e. The fraction of sp³-hybridized carbons (Fsp3) is 0.316. The van der Waals surface area contributed by atoms with Gasteiger partial charge in [-0.1, -0.05) is 65.3 Å². The molecule has 23 heavy (non-hydrogen) atoms. The first-order valence-electron chi connectivity index (χ1n) is 7.96. The first-order chi connectivity index (χ1) is 11.1. The highest BCUT2D eigenvalue weighted by Crippen LogP contribution is 2.16. The molecular weight excluding hydrogens is 352 g/mol. The Morgan fingerprint density at radius 1 is 1.13 bits per heavy atom. The predicted octanol–water partition coefficient (Wildman–Crippen LogP) is 4.61. The topological polar surface area (TPSA) is 41.1 Å². The van der Waals surface area contributed by atoms with Gasteiger partial charge in [-0.25, -0.2) is 4.79 Å². The summed E-state index contributed by atoms with van der Waals surface area (Å²) >= 11 is 3.52. The largest absolute Gasteiger partial charge is 0.338 e. The van der Waals surface area contributed by atoms with Crippen molar-refractivity contribution in [2.45, 2.75) is 32.7 Å². The molecule has 122 valence electrons. The monoisotopic (exact) mass is 374 g/mol. The smallest absolute Gasteiger partial charge is 0.315 e. The van der Waals surface area contributed by atoms with E-state index in [0.717, 1.165) is 22.9 Å². The Morgan fingerprint density at radius 2 is 1.83 bits per heavy atom. The maximum absolute atomic E-state index is 12.0. The summed E-state index contributed by atoms with van der Waals surface area (Å²) in [7, 11) is 0. The quantitative estimate of drug-likeness (QED) is 0.760. The van der Waals surface area contributed by atoms with Crippen LogP contribution in [-0.2, 0) is 12.8 Å². The van der Waals surface area contributed by atoms with E-state index in [1.54, 1.807) is 0 Å². The van der Waals surface area contributed by atoms with Crippen LogP contribution in [-0.4, -0.2) is 12.6 Å². The van der Waals surface area contributed by atoms with Crippen molar-refractivity contribution >= 4 is 22.0 Å². The van der Waals surface area contributed by atoms with Crippen LogP contribution < -0.4 is 10.6 Å². The van der Waals surface area contributed by atoms with E-state index in [1.165, 1.54) is 11.1 Å². The molecule has 0 aromatic heterocycles. The van der Waals surface area contributed by atoms with Crippen molar-refractivity contribution in [3.63, 3.8) is 0 Å². The summed E-state index contributed by atoms with van der Waals surface area (Å²) in [6.45, 7) is 4.74. The van der Waals surface area contributed by atoms with Gasteiger partial charge in [0, 0.05) is 11.0 Å². The van der Waals surface area contributed by atoms with Gasteiger partial charge in [0.05, 0.1) is 6.04 Å². The number of urea groups is 1. The van der Waals surface area contributed by atoms with Crippen molar-refractivity contribution in [2.24, 2.45) is 0 Å². The molecule has 4 heteroatoms. The molecule has 2 rings (SSSR count). The van der Waals surface area contributed by atoms with Crippen LogP contribution in [0.25, 0.3) is 0 Å². The minimum atomic E-state index is -0.135. The molecule has 0 fully saturated rings. The zero-order valence-corrected chi connectivity index (χ0v) is 15.2. The van der Waals surface area contributed by atoms with Crippen molar-refractivity contribution < 1.29 is 4.79 Å². The van der Waals surface area contributed by atoms with E-state index in [-0.39, 0.29) is 12.1 Å². The van der Waals surface area contributed by atoms with Crippen molar-refractivity contribution in [3.8, 4) is 0 Å². The van der Waals surface area contributed by atoms with Gasteiger partial charge in [-0.3, -0.25) is 0 Å². The molecule has 0 saturated carbocycles. The molecule has 2 N–H and O–H groups in total. The zero-order chi connectivity index (χ0) is 16.7. The van der Waals surface area contributed by atoms with E-state index in [2.05, 4.69) is 63.8 Å². The van der Waals surface area contributed by atoms with Crippen molar-refractivity contribution in [2.75, 3.05) is 6.54 Å². The fourth-order valence-electron chi connectivity index (χ4n) is 2.38. The number of rotatable bonds is 6. The molecule has 0 radical (unpaired) electrons. The summed E-state index contributed by atoms with van der Waals surface area (Å²) in [4.78, 5) is 12.0. The maximum atomic E-state index is 12.0. The number of carbonyl (C=O) groups is 1. The van der Waals surface area contributed by atoms with Crippen LogP contribution in [0.1, 0.15) is 36.6 Å². The van der Waals surface area contributed by atoms with E-state index >= 15 is 0 Å². The predicted molar refractivity (Wildman–Crippen MR) is 98.6 cm³/mol. The summed E-state index contributed by atoms with van der Waals surface area (Å²) in [5.41, 5.74) is 3.61.